The van der Waals surface area contributed by atoms with Crippen LogP contribution in [0.5, 0.6) is 0 Å². The summed E-state index contributed by atoms with van der Waals surface area (Å²) in [5, 5.41) is 3.19. The van der Waals surface area contributed by atoms with Crippen LogP contribution in [0.3, 0.4) is 0 Å². The van der Waals surface area contributed by atoms with E-state index in [2.05, 4.69) is 5.32 Å². The van der Waals surface area contributed by atoms with Gasteiger partial charge < -0.3 is 10.2 Å². The van der Waals surface area contributed by atoms with Gasteiger partial charge in [-0.1, -0.05) is 55.3 Å². The van der Waals surface area contributed by atoms with Gasteiger partial charge in [0.15, 0.2) is 0 Å². The Morgan fingerprint density at radius 2 is 1.76 bits per heavy atom. The van der Waals surface area contributed by atoms with Crippen LogP contribution in [0.25, 0.3) is 0 Å². The molecule has 0 aliphatic rings. The molecule has 7 nitrogen and oxygen atoms in total. The molecule has 0 saturated heterocycles. The molecule has 2 rings (SSSR count). The molecular weight excluding hydrogens is 469 g/mol. The van der Waals surface area contributed by atoms with Crippen molar-refractivity contribution < 1.29 is 22.4 Å². The topological polar surface area (TPSA) is 86.8 Å². The fraction of sp³-hybridized carbons (Fsp3) is 0.391. The fourth-order valence-electron chi connectivity index (χ4n) is 3.18. The van der Waals surface area contributed by atoms with E-state index in [1.807, 2.05) is 6.92 Å². The summed E-state index contributed by atoms with van der Waals surface area (Å²) in [5.41, 5.74) is 0.351. The van der Waals surface area contributed by atoms with Gasteiger partial charge in [-0.05, 0) is 37.1 Å². The SMILES string of the molecule is CCCCNC(=O)[C@H](C)N(Cc1ccccc1Cl)C(=O)CN(c1ccccc1F)S(C)(=O)=O. The molecule has 0 aromatic heterocycles. The third-order valence-corrected chi connectivity index (χ3v) is 6.59. The highest BCUT2D eigenvalue weighted by molar-refractivity contribution is 7.92. The molecule has 1 N–H and O–H groups in total. The Morgan fingerprint density at radius 3 is 2.36 bits per heavy atom. The molecular formula is C23H29ClFN3O4S. The van der Waals surface area contributed by atoms with Crippen LogP contribution in [0.15, 0.2) is 48.5 Å². The normalized spacial score (nSPS) is 12.2. The Balaban J connectivity index is 2.37. The van der Waals surface area contributed by atoms with Gasteiger partial charge in [-0.3, -0.25) is 13.9 Å². The highest BCUT2D eigenvalue weighted by Gasteiger charge is 2.31. The number of hydrogen-bond acceptors (Lipinski definition) is 4. The summed E-state index contributed by atoms with van der Waals surface area (Å²) >= 11 is 6.26. The van der Waals surface area contributed by atoms with E-state index in [-0.39, 0.29) is 18.1 Å². The quantitative estimate of drug-likeness (QED) is 0.481. The second kappa shape index (κ2) is 12.0. The highest BCUT2D eigenvalue weighted by Crippen LogP contribution is 2.23. The van der Waals surface area contributed by atoms with Crippen molar-refractivity contribution in [1.82, 2.24) is 10.2 Å². The maximum absolute atomic E-state index is 14.4. The van der Waals surface area contributed by atoms with Crippen molar-refractivity contribution >= 4 is 39.1 Å². The van der Waals surface area contributed by atoms with Crippen molar-refractivity contribution in [2.24, 2.45) is 0 Å². The Kier molecular flexibility index (Phi) is 9.67. The number of nitrogens with one attached hydrogen (secondary N) is 1. The van der Waals surface area contributed by atoms with Gasteiger partial charge in [-0.25, -0.2) is 12.8 Å². The summed E-state index contributed by atoms with van der Waals surface area (Å²) in [6, 6.07) is 11.3. The largest absolute Gasteiger partial charge is 0.354 e. The van der Waals surface area contributed by atoms with Crippen LogP contribution < -0.4 is 9.62 Å². The number of sulfonamides is 1. The van der Waals surface area contributed by atoms with Crippen molar-refractivity contribution in [3.8, 4) is 0 Å². The number of nitrogens with zero attached hydrogens (tertiary/aromatic N) is 2. The van der Waals surface area contributed by atoms with Gasteiger partial charge in [0.25, 0.3) is 0 Å². The molecule has 0 aliphatic heterocycles. The standard InChI is InChI=1S/C23H29ClFN3O4S/c1-4-5-14-26-23(30)17(2)27(15-18-10-6-7-11-19(18)24)22(29)16-28(33(3,31)32)21-13-9-8-12-20(21)25/h6-13,17H,4-5,14-16H2,1-3H3,(H,26,30)/t17-/m0/s1. The van der Waals surface area contributed by atoms with Crippen LogP contribution in [-0.4, -0.2) is 50.5 Å². The first-order valence-corrected chi connectivity index (χ1v) is 12.8. The third kappa shape index (κ3) is 7.43. The minimum atomic E-state index is -3.99. The average Bonchev–Trinajstić information content (AvgIpc) is 2.76. The van der Waals surface area contributed by atoms with E-state index < -0.39 is 34.3 Å². The molecule has 10 heteroatoms. The Labute approximate surface area is 199 Å². The van der Waals surface area contributed by atoms with Gasteiger partial charge in [0, 0.05) is 18.1 Å². The number of amides is 2. The van der Waals surface area contributed by atoms with Crippen molar-refractivity contribution in [2.75, 3.05) is 23.7 Å². The lowest BCUT2D eigenvalue weighted by atomic mass is 10.1. The van der Waals surface area contributed by atoms with Crippen LogP contribution in [0, 0.1) is 5.82 Å². The predicted molar refractivity (Wildman–Crippen MR) is 128 cm³/mol. The maximum Gasteiger partial charge on any atom is 0.244 e. The summed E-state index contributed by atoms with van der Waals surface area (Å²) < 4.78 is 39.9. The number of anilines is 1. The lowest BCUT2D eigenvalue weighted by Crippen LogP contribution is -2.51. The van der Waals surface area contributed by atoms with Gasteiger partial charge in [0.1, 0.15) is 18.4 Å². The molecule has 2 aromatic rings. The molecule has 2 amide bonds. The molecule has 0 spiro atoms. The first kappa shape index (κ1) is 26.6. The van der Waals surface area contributed by atoms with Crippen molar-refractivity contribution in [2.45, 2.75) is 39.3 Å². The van der Waals surface area contributed by atoms with Gasteiger partial charge in [-0.15, -0.1) is 0 Å². The van der Waals surface area contributed by atoms with Crippen molar-refractivity contribution in [3.63, 3.8) is 0 Å². The Bertz CT molecular complexity index is 1080. The molecule has 0 fully saturated rings. The van der Waals surface area contributed by atoms with Crippen molar-refractivity contribution in [3.05, 3.63) is 64.9 Å². The number of halogens is 2. The number of para-hydroxylation sites is 1. The summed E-state index contributed by atoms with van der Waals surface area (Å²) in [5.74, 6) is -1.82. The van der Waals surface area contributed by atoms with E-state index in [4.69, 9.17) is 11.6 Å². The van der Waals surface area contributed by atoms with E-state index in [0.29, 0.717) is 21.4 Å². The van der Waals surface area contributed by atoms with E-state index in [1.54, 1.807) is 31.2 Å². The van der Waals surface area contributed by atoms with Gasteiger partial charge in [0.05, 0.1) is 11.9 Å². The van der Waals surface area contributed by atoms with Gasteiger partial charge in [-0.2, -0.15) is 0 Å². The number of hydrogen-bond donors (Lipinski definition) is 1. The lowest BCUT2D eigenvalue weighted by Gasteiger charge is -2.31. The minimum Gasteiger partial charge on any atom is -0.354 e. The van der Waals surface area contributed by atoms with E-state index in [1.165, 1.54) is 23.1 Å². The van der Waals surface area contributed by atoms with E-state index >= 15 is 0 Å². The molecule has 1 atom stereocenters. The van der Waals surface area contributed by atoms with Crippen LogP contribution in [0.2, 0.25) is 5.02 Å². The van der Waals surface area contributed by atoms with Crippen LogP contribution >= 0.6 is 11.6 Å². The molecule has 2 aromatic carbocycles. The number of unbranched alkanes of at least 4 members (excludes halogenated alkanes) is 1. The maximum atomic E-state index is 14.4. The van der Waals surface area contributed by atoms with E-state index in [0.717, 1.165) is 25.2 Å². The van der Waals surface area contributed by atoms with E-state index in [9.17, 15) is 22.4 Å². The van der Waals surface area contributed by atoms with Gasteiger partial charge in [0.2, 0.25) is 21.8 Å². The predicted octanol–water partition coefficient (Wildman–Crippen LogP) is 3.58. The summed E-state index contributed by atoms with van der Waals surface area (Å²) in [7, 11) is -3.99. The molecule has 33 heavy (non-hydrogen) atoms. The first-order valence-electron chi connectivity index (χ1n) is 10.6. The van der Waals surface area contributed by atoms with Crippen LogP contribution in [0.4, 0.5) is 10.1 Å². The molecule has 180 valence electrons. The van der Waals surface area contributed by atoms with Crippen LogP contribution in [0.1, 0.15) is 32.3 Å². The second-order valence-electron chi connectivity index (χ2n) is 7.65. The smallest absolute Gasteiger partial charge is 0.244 e. The third-order valence-electron chi connectivity index (χ3n) is 5.10. The zero-order valence-corrected chi connectivity index (χ0v) is 20.5. The molecule has 0 heterocycles. The number of rotatable bonds is 11. The molecule has 0 unspecified atom stereocenters. The molecule has 0 aliphatic carbocycles. The number of carbonyl (C=O) groups excluding carboxylic acids is 2. The zero-order chi connectivity index (χ0) is 24.6. The first-order chi connectivity index (χ1) is 15.6. The second-order valence-corrected chi connectivity index (χ2v) is 9.97. The van der Waals surface area contributed by atoms with Gasteiger partial charge >= 0.3 is 0 Å². The zero-order valence-electron chi connectivity index (χ0n) is 18.9. The minimum absolute atomic E-state index is 0.0181. The monoisotopic (exact) mass is 497 g/mol. The van der Waals surface area contributed by atoms with Crippen molar-refractivity contribution in [1.29, 1.82) is 0 Å². The number of carbonyl (C=O) groups is 2. The molecule has 0 bridgehead atoms. The Morgan fingerprint density at radius 1 is 1.12 bits per heavy atom. The average molecular weight is 498 g/mol. The Hall–Kier alpha value is -2.65. The molecule has 0 saturated carbocycles. The fourth-order valence-corrected chi connectivity index (χ4v) is 4.22. The summed E-state index contributed by atoms with van der Waals surface area (Å²) in [4.78, 5) is 27.3. The highest BCUT2D eigenvalue weighted by atomic mass is 35.5. The summed E-state index contributed by atoms with van der Waals surface area (Å²) in [6.07, 6.45) is 2.57. The molecule has 0 radical (unpaired) electrons. The lowest BCUT2D eigenvalue weighted by molar-refractivity contribution is -0.139. The van der Waals surface area contributed by atoms with Crippen LogP contribution in [-0.2, 0) is 26.2 Å². The summed E-state index contributed by atoms with van der Waals surface area (Å²) in [6.45, 7) is 3.32. The number of benzene rings is 2.